The highest BCUT2D eigenvalue weighted by Crippen LogP contribution is 2.24. The fourth-order valence-electron chi connectivity index (χ4n) is 1.84. The molecule has 2 heterocycles. The predicted octanol–water partition coefficient (Wildman–Crippen LogP) is 3.78. The molecule has 0 aliphatic heterocycles. The molecule has 0 saturated heterocycles. The summed E-state index contributed by atoms with van der Waals surface area (Å²) in [6.07, 6.45) is 4.05. The molecule has 0 aliphatic carbocycles. The Hall–Kier alpha value is -1.53. The van der Waals surface area contributed by atoms with Gasteiger partial charge in [0.2, 0.25) is 0 Å². The number of aromatic nitrogens is 2. The van der Waals surface area contributed by atoms with Gasteiger partial charge >= 0.3 is 0 Å². The molecule has 3 rings (SSSR count). The zero-order valence-electron chi connectivity index (χ0n) is 10.3. The molecule has 0 spiro atoms. The Morgan fingerprint density at radius 1 is 1.42 bits per heavy atom. The number of methoxy groups -OCH3 is 1. The van der Waals surface area contributed by atoms with Gasteiger partial charge in [-0.2, -0.15) is 0 Å². The molecule has 6 heteroatoms. The minimum Gasteiger partial charge on any atom is -0.497 e. The lowest BCUT2D eigenvalue weighted by Crippen LogP contribution is -2.00. The van der Waals surface area contributed by atoms with Crippen molar-refractivity contribution in [1.82, 2.24) is 9.38 Å². The number of benzene rings is 1. The molecule has 3 aromatic rings. The van der Waals surface area contributed by atoms with Gasteiger partial charge in [-0.3, -0.25) is 4.40 Å². The van der Waals surface area contributed by atoms with E-state index in [2.05, 4.69) is 26.2 Å². The van der Waals surface area contributed by atoms with Crippen molar-refractivity contribution in [2.75, 3.05) is 12.4 Å². The Kier molecular flexibility index (Phi) is 3.44. The van der Waals surface area contributed by atoms with Crippen LogP contribution >= 0.6 is 27.3 Å². The SMILES string of the molecule is COc1cc(Br)cc(NCc2cn3ccsc3n2)c1. The molecule has 98 valence electrons. The summed E-state index contributed by atoms with van der Waals surface area (Å²) in [5.74, 6) is 0.822. The lowest BCUT2D eigenvalue weighted by atomic mass is 10.3. The Morgan fingerprint density at radius 2 is 2.32 bits per heavy atom. The summed E-state index contributed by atoms with van der Waals surface area (Å²) in [5.41, 5.74) is 2.02. The number of hydrogen-bond acceptors (Lipinski definition) is 4. The van der Waals surface area contributed by atoms with Crippen LogP contribution in [0.25, 0.3) is 4.96 Å². The van der Waals surface area contributed by atoms with E-state index in [9.17, 15) is 0 Å². The number of ether oxygens (including phenoxy) is 1. The highest BCUT2D eigenvalue weighted by Gasteiger charge is 2.03. The average molecular weight is 338 g/mol. The molecule has 19 heavy (non-hydrogen) atoms. The molecule has 1 aromatic carbocycles. The standard InChI is InChI=1S/C13H12BrN3OS/c1-18-12-5-9(14)4-10(6-12)15-7-11-8-17-2-3-19-13(17)16-11/h2-6,8,15H,7H2,1H3. The monoisotopic (exact) mass is 337 g/mol. The summed E-state index contributed by atoms with van der Waals surface area (Å²) in [4.78, 5) is 5.55. The van der Waals surface area contributed by atoms with Crippen LogP contribution in [0, 0.1) is 0 Å². The van der Waals surface area contributed by atoms with Crippen molar-refractivity contribution in [3.63, 3.8) is 0 Å². The van der Waals surface area contributed by atoms with E-state index in [1.165, 1.54) is 0 Å². The first-order chi connectivity index (χ1) is 9.24. The molecule has 1 N–H and O–H groups in total. The number of nitrogens with one attached hydrogen (secondary N) is 1. The lowest BCUT2D eigenvalue weighted by molar-refractivity contribution is 0.414. The van der Waals surface area contributed by atoms with Gasteiger partial charge in [-0.1, -0.05) is 15.9 Å². The fraction of sp³-hybridized carbons (Fsp3) is 0.154. The second-order valence-electron chi connectivity index (χ2n) is 4.06. The zero-order valence-corrected chi connectivity index (χ0v) is 12.7. The maximum atomic E-state index is 5.24. The molecule has 0 fully saturated rings. The van der Waals surface area contributed by atoms with Crippen LogP contribution in [0.1, 0.15) is 5.69 Å². The van der Waals surface area contributed by atoms with Gasteiger partial charge in [0.1, 0.15) is 5.75 Å². The molecule has 0 saturated carbocycles. The smallest absolute Gasteiger partial charge is 0.193 e. The van der Waals surface area contributed by atoms with Crippen molar-refractivity contribution in [3.8, 4) is 5.75 Å². The fourth-order valence-corrected chi connectivity index (χ4v) is 3.03. The highest BCUT2D eigenvalue weighted by atomic mass is 79.9. The largest absolute Gasteiger partial charge is 0.497 e. The first-order valence-electron chi connectivity index (χ1n) is 5.74. The van der Waals surface area contributed by atoms with E-state index in [0.717, 1.165) is 26.6 Å². The molecular weight excluding hydrogens is 326 g/mol. The van der Waals surface area contributed by atoms with Crippen molar-refractivity contribution >= 4 is 37.9 Å². The third-order valence-corrected chi connectivity index (χ3v) is 3.95. The molecule has 4 nitrogen and oxygen atoms in total. The van der Waals surface area contributed by atoms with E-state index in [0.29, 0.717) is 6.54 Å². The van der Waals surface area contributed by atoms with Gasteiger partial charge in [0.15, 0.2) is 4.96 Å². The number of rotatable bonds is 4. The number of halogens is 1. The molecule has 0 bridgehead atoms. The molecule has 0 radical (unpaired) electrons. The summed E-state index contributed by atoms with van der Waals surface area (Å²) < 4.78 is 8.25. The maximum Gasteiger partial charge on any atom is 0.193 e. The number of nitrogens with zero attached hydrogens (tertiary/aromatic N) is 2. The predicted molar refractivity (Wildman–Crippen MR) is 81.1 cm³/mol. The van der Waals surface area contributed by atoms with E-state index in [-0.39, 0.29) is 0 Å². The second-order valence-corrected chi connectivity index (χ2v) is 5.85. The van der Waals surface area contributed by atoms with Crippen LogP contribution in [0.15, 0.2) is 40.4 Å². The quantitative estimate of drug-likeness (QED) is 0.787. The van der Waals surface area contributed by atoms with Crippen LogP contribution in [0.5, 0.6) is 5.75 Å². The minimum atomic E-state index is 0.688. The van der Waals surface area contributed by atoms with Crippen LogP contribution in [-0.2, 0) is 6.54 Å². The maximum absolute atomic E-state index is 5.24. The van der Waals surface area contributed by atoms with E-state index in [4.69, 9.17) is 4.74 Å². The summed E-state index contributed by atoms with van der Waals surface area (Å²) in [7, 11) is 1.66. The van der Waals surface area contributed by atoms with Crippen LogP contribution in [0.4, 0.5) is 5.69 Å². The van der Waals surface area contributed by atoms with Crippen LogP contribution in [-0.4, -0.2) is 16.5 Å². The second kappa shape index (κ2) is 5.22. The Morgan fingerprint density at radius 3 is 3.11 bits per heavy atom. The van der Waals surface area contributed by atoms with Crippen molar-refractivity contribution in [2.24, 2.45) is 0 Å². The van der Waals surface area contributed by atoms with Crippen LogP contribution < -0.4 is 10.1 Å². The van der Waals surface area contributed by atoms with Gasteiger partial charge < -0.3 is 10.1 Å². The number of hydrogen-bond donors (Lipinski definition) is 1. The Bertz CT molecular complexity index is 678. The van der Waals surface area contributed by atoms with Gasteiger partial charge in [-0.25, -0.2) is 4.98 Å². The topological polar surface area (TPSA) is 38.6 Å². The van der Waals surface area contributed by atoms with E-state index in [1.807, 2.05) is 40.4 Å². The van der Waals surface area contributed by atoms with Gasteiger partial charge in [0.25, 0.3) is 0 Å². The van der Waals surface area contributed by atoms with E-state index >= 15 is 0 Å². The highest BCUT2D eigenvalue weighted by molar-refractivity contribution is 9.10. The van der Waals surface area contributed by atoms with Gasteiger partial charge in [0, 0.05) is 34.0 Å². The average Bonchev–Trinajstić information content (AvgIpc) is 2.96. The van der Waals surface area contributed by atoms with Gasteiger partial charge in [0.05, 0.1) is 19.3 Å². The van der Waals surface area contributed by atoms with Crippen LogP contribution in [0.3, 0.4) is 0 Å². The zero-order chi connectivity index (χ0) is 13.2. The molecule has 0 amide bonds. The van der Waals surface area contributed by atoms with Gasteiger partial charge in [-0.15, -0.1) is 11.3 Å². The van der Waals surface area contributed by atoms with Crippen molar-refractivity contribution in [3.05, 3.63) is 46.1 Å². The van der Waals surface area contributed by atoms with E-state index in [1.54, 1.807) is 18.4 Å². The molecule has 2 aromatic heterocycles. The minimum absolute atomic E-state index is 0.688. The number of fused-ring (bicyclic) bond motifs is 1. The first kappa shape index (κ1) is 12.5. The third kappa shape index (κ3) is 2.74. The number of thiazole rings is 1. The third-order valence-electron chi connectivity index (χ3n) is 2.72. The molecule has 0 atom stereocenters. The molecule has 0 unspecified atom stereocenters. The summed E-state index contributed by atoms with van der Waals surface area (Å²) in [6, 6.07) is 5.90. The van der Waals surface area contributed by atoms with Crippen molar-refractivity contribution in [2.45, 2.75) is 6.54 Å². The summed E-state index contributed by atoms with van der Waals surface area (Å²) in [5, 5.41) is 5.37. The Balaban J connectivity index is 1.75. The Labute approximate surface area is 123 Å². The molecular formula is C13H12BrN3OS. The number of anilines is 1. The first-order valence-corrected chi connectivity index (χ1v) is 7.41. The summed E-state index contributed by atoms with van der Waals surface area (Å²) >= 11 is 5.10. The van der Waals surface area contributed by atoms with Crippen LogP contribution in [0.2, 0.25) is 0 Å². The van der Waals surface area contributed by atoms with Crippen molar-refractivity contribution in [1.29, 1.82) is 0 Å². The normalized spacial score (nSPS) is 10.8. The summed E-state index contributed by atoms with van der Waals surface area (Å²) in [6.45, 7) is 0.688. The van der Waals surface area contributed by atoms with Crippen molar-refractivity contribution < 1.29 is 4.74 Å². The van der Waals surface area contributed by atoms with Gasteiger partial charge in [-0.05, 0) is 12.1 Å². The number of imidazole rings is 1. The van der Waals surface area contributed by atoms with E-state index < -0.39 is 0 Å². The lowest BCUT2D eigenvalue weighted by Gasteiger charge is -2.07. The molecule has 0 aliphatic rings.